The Hall–Kier alpha value is -4.27. The fourth-order valence-corrected chi connectivity index (χ4v) is 3.03. The SMILES string of the molecule is COC(=O)c1ccc(CCNC(=O)c2ccc(NC(=O)c3cc(F)cc(F)c3)cc2O)cc1. The molecular weight excluding hydrogens is 434 g/mol. The second-order valence-corrected chi connectivity index (χ2v) is 7.04. The van der Waals surface area contributed by atoms with E-state index in [1.54, 1.807) is 24.3 Å². The normalized spacial score (nSPS) is 10.4. The third-order valence-corrected chi connectivity index (χ3v) is 4.70. The number of esters is 1. The minimum atomic E-state index is -0.894. The van der Waals surface area contributed by atoms with Crippen LogP contribution in [0.25, 0.3) is 0 Å². The van der Waals surface area contributed by atoms with Gasteiger partial charge in [0.25, 0.3) is 11.8 Å². The van der Waals surface area contributed by atoms with Gasteiger partial charge in [0.1, 0.15) is 17.4 Å². The quantitative estimate of drug-likeness (QED) is 0.473. The summed E-state index contributed by atoms with van der Waals surface area (Å²) >= 11 is 0. The molecular formula is C24H20F2N2O5. The topological polar surface area (TPSA) is 105 Å². The standard InChI is InChI=1S/C24H20F2N2O5/c1-33-24(32)15-4-2-14(3-5-15)8-9-27-23(31)20-7-6-19(13-21(20)29)28-22(30)16-10-17(25)12-18(26)11-16/h2-7,10-13,29H,8-9H2,1H3,(H,27,31)(H,28,30). The molecule has 0 bridgehead atoms. The molecule has 0 aliphatic heterocycles. The highest BCUT2D eigenvalue weighted by atomic mass is 19.1. The summed E-state index contributed by atoms with van der Waals surface area (Å²) in [6, 6.07) is 13.0. The summed E-state index contributed by atoms with van der Waals surface area (Å²) in [6.07, 6.45) is 0.492. The maximum absolute atomic E-state index is 13.3. The molecule has 0 heterocycles. The number of carbonyl (C=O) groups is 3. The van der Waals surface area contributed by atoms with Crippen LogP contribution >= 0.6 is 0 Å². The van der Waals surface area contributed by atoms with E-state index in [0.29, 0.717) is 18.1 Å². The van der Waals surface area contributed by atoms with E-state index >= 15 is 0 Å². The molecule has 0 spiro atoms. The van der Waals surface area contributed by atoms with Crippen LogP contribution in [0.4, 0.5) is 14.5 Å². The van der Waals surface area contributed by atoms with Gasteiger partial charge in [0, 0.05) is 29.9 Å². The lowest BCUT2D eigenvalue weighted by Crippen LogP contribution is -2.25. The van der Waals surface area contributed by atoms with Crippen LogP contribution in [0, 0.1) is 11.6 Å². The average molecular weight is 454 g/mol. The Kier molecular flexibility index (Phi) is 7.34. The van der Waals surface area contributed by atoms with Gasteiger partial charge in [-0.25, -0.2) is 13.6 Å². The number of phenols is 1. The van der Waals surface area contributed by atoms with Gasteiger partial charge in [-0.3, -0.25) is 9.59 Å². The van der Waals surface area contributed by atoms with Gasteiger partial charge in [0.05, 0.1) is 18.2 Å². The predicted octanol–water partition coefficient (Wildman–Crippen LogP) is 3.68. The maximum atomic E-state index is 13.3. The number of rotatable bonds is 7. The fraction of sp³-hybridized carbons (Fsp3) is 0.125. The van der Waals surface area contributed by atoms with E-state index in [1.165, 1.54) is 19.2 Å². The number of phenolic OH excluding ortho intramolecular Hbond substituents is 1. The Balaban J connectivity index is 1.57. The number of anilines is 1. The molecule has 9 heteroatoms. The number of hydrogen-bond acceptors (Lipinski definition) is 5. The van der Waals surface area contributed by atoms with Gasteiger partial charge in [-0.15, -0.1) is 0 Å². The lowest BCUT2D eigenvalue weighted by molar-refractivity contribution is 0.0600. The lowest BCUT2D eigenvalue weighted by Gasteiger charge is -2.10. The number of nitrogens with one attached hydrogen (secondary N) is 2. The Morgan fingerprint density at radius 1 is 0.879 bits per heavy atom. The van der Waals surface area contributed by atoms with E-state index in [1.807, 2.05) is 0 Å². The van der Waals surface area contributed by atoms with Gasteiger partial charge < -0.3 is 20.5 Å². The zero-order valence-electron chi connectivity index (χ0n) is 17.5. The zero-order valence-corrected chi connectivity index (χ0v) is 17.5. The van der Waals surface area contributed by atoms with Gasteiger partial charge >= 0.3 is 5.97 Å². The summed E-state index contributed by atoms with van der Waals surface area (Å²) in [5.74, 6) is -3.90. The van der Waals surface area contributed by atoms with Crippen molar-refractivity contribution >= 4 is 23.5 Å². The summed E-state index contributed by atoms with van der Waals surface area (Å²) in [5, 5.41) is 15.3. The summed E-state index contributed by atoms with van der Waals surface area (Å²) in [4.78, 5) is 36.0. The van der Waals surface area contributed by atoms with Crippen LogP contribution in [0.3, 0.4) is 0 Å². The number of benzene rings is 3. The molecule has 33 heavy (non-hydrogen) atoms. The van der Waals surface area contributed by atoms with Crippen molar-refractivity contribution in [1.29, 1.82) is 0 Å². The van der Waals surface area contributed by atoms with E-state index in [9.17, 15) is 28.3 Å². The average Bonchev–Trinajstić information content (AvgIpc) is 2.78. The lowest BCUT2D eigenvalue weighted by atomic mass is 10.1. The molecule has 0 aromatic heterocycles. The number of aromatic hydroxyl groups is 1. The van der Waals surface area contributed by atoms with Crippen LogP contribution in [-0.4, -0.2) is 36.5 Å². The molecule has 7 nitrogen and oxygen atoms in total. The minimum absolute atomic E-state index is 0.00848. The first kappa shape index (κ1) is 23.4. The molecule has 3 aromatic rings. The third kappa shape index (κ3) is 6.13. The van der Waals surface area contributed by atoms with Crippen molar-refractivity contribution in [2.45, 2.75) is 6.42 Å². The van der Waals surface area contributed by atoms with Crippen molar-refractivity contribution < 1.29 is 33.0 Å². The van der Waals surface area contributed by atoms with Gasteiger partial charge in [-0.1, -0.05) is 12.1 Å². The van der Waals surface area contributed by atoms with Crippen molar-refractivity contribution in [3.05, 3.63) is 94.6 Å². The summed E-state index contributed by atoms with van der Waals surface area (Å²) in [7, 11) is 1.30. The monoisotopic (exact) mass is 454 g/mol. The van der Waals surface area contributed by atoms with Crippen molar-refractivity contribution in [1.82, 2.24) is 5.32 Å². The first-order valence-electron chi connectivity index (χ1n) is 9.82. The molecule has 0 saturated heterocycles. The largest absolute Gasteiger partial charge is 0.507 e. The van der Waals surface area contributed by atoms with Gasteiger partial charge in [0.15, 0.2) is 0 Å². The van der Waals surface area contributed by atoms with Crippen molar-refractivity contribution in [2.24, 2.45) is 0 Å². The Labute approximate surface area is 188 Å². The van der Waals surface area contributed by atoms with E-state index < -0.39 is 29.4 Å². The highest BCUT2D eigenvalue weighted by Crippen LogP contribution is 2.23. The molecule has 0 aliphatic carbocycles. The minimum Gasteiger partial charge on any atom is -0.507 e. The Morgan fingerprint density at radius 2 is 1.55 bits per heavy atom. The number of amides is 2. The summed E-state index contributed by atoms with van der Waals surface area (Å²) in [5.41, 5.74) is 1.22. The second kappa shape index (κ2) is 10.4. The molecule has 3 rings (SSSR count). The molecule has 2 amide bonds. The molecule has 0 saturated carbocycles. The number of ether oxygens (including phenoxy) is 1. The van der Waals surface area contributed by atoms with Crippen LogP contribution in [0.5, 0.6) is 5.75 Å². The molecule has 0 aliphatic rings. The molecule has 0 unspecified atom stereocenters. The highest BCUT2D eigenvalue weighted by molar-refractivity contribution is 6.05. The van der Waals surface area contributed by atoms with E-state index in [-0.39, 0.29) is 29.1 Å². The number of halogens is 2. The third-order valence-electron chi connectivity index (χ3n) is 4.70. The van der Waals surface area contributed by atoms with E-state index in [0.717, 1.165) is 23.8 Å². The molecule has 0 atom stereocenters. The van der Waals surface area contributed by atoms with Crippen LogP contribution in [0.1, 0.15) is 36.6 Å². The Bertz CT molecular complexity index is 1180. The Morgan fingerprint density at radius 3 is 2.15 bits per heavy atom. The number of carbonyl (C=O) groups excluding carboxylic acids is 3. The molecule has 3 N–H and O–H groups in total. The van der Waals surface area contributed by atoms with Crippen LogP contribution in [0.2, 0.25) is 0 Å². The first-order chi connectivity index (χ1) is 15.8. The van der Waals surface area contributed by atoms with Crippen LogP contribution in [-0.2, 0) is 11.2 Å². The van der Waals surface area contributed by atoms with Crippen molar-refractivity contribution in [3.63, 3.8) is 0 Å². The maximum Gasteiger partial charge on any atom is 0.337 e. The van der Waals surface area contributed by atoms with Crippen LogP contribution in [0.15, 0.2) is 60.7 Å². The van der Waals surface area contributed by atoms with Crippen molar-refractivity contribution in [3.8, 4) is 5.75 Å². The zero-order chi connectivity index (χ0) is 24.0. The second-order valence-electron chi connectivity index (χ2n) is 7.04. The molecule has 3 aromatic carbocycles. The first-order valence-corrected chi connectivity index (χ1v) is 9.82. The number of hydrogen-bond donors (Lipinski definition) is 3. The summed E-state index contributed by atoms with van der Waals surface area (Å²) in [6.45, 7) is 0.277. The molecule has 0 radical (unpaired) electrons. The van der Waals surface area contributed by atoms with Gasteiger partial charge in [0.2, 0.25) is 0 Å². The van der Waals surface area contributed by atoms with Gasteiger partial charge in [-0.05, 0) is 48.4 Å². The van der Waals surface area contributed by atoms with Crippen molar-refractivity contribution in [2.75, 3.05) is 19.0 Å². The predicted molar refractivity (Wildman–Crippen MR) is 116 cm³/mol. The van der Waals surface area contributed by atoms with Gasteiger partial charge in [-0.2, -0.15) is 0 Å². The highest BCUT2D eigenvalue weighted by Gasteiger charge is 2.14. The summed E-state index contributed by atoms with van der Waals surface area (Å²) < 4.78 is 31.2. The van der Waals surface area contributed by atoms with Crippen LogP contribution < -0.4 is 10.6 Å². The van der Waals surface area contributed by atoms with E-state index in [4.69, 9.17) is 0 Å². The van der Waals surface area contributed by atoms with E-state index in [2.05, 4.69) is 15.4 Å². The smallest absolute Gasteiger partial charge is 0.337 e. The fourth-order valence-electron chi connectivity index (χ4n) is 3.03. The molecule has 0 fully saturated rings. The molecule has 170 valence electrons. The number of methoxy groups -OCH3 is 1.